The molecule has 1 N–H and O–H groups in total. The summed E-state index contributed by atoms with van der Waals surface area (Å²) in [6.45, 7) is 8.44. The SMILES string of the molecule is CCCCN(c1cncc(CNC(C)C)n1)C1CC1. The highest BCUT2D eigenvalue weighted by Gasteiger charge is 2.29. The van der Waals surface area contributed by atoms with E-state index in [1.54, 1.807) is 0 Å². The molecule has 1 aliphatic rings. The van der Waals surface area contributed by atoms with Crippen molar-refractivity contribution in [2.24, 2.45) is 0 Å². The Morgan fingerprint density at radius 2 is 2.16 bits per heavy atom. The van der Waals surface area contributed by atoms with Gasteiger partial charge in [0.25, 0.3) is 0 Å². The van der Waals surface area contributed by atoms with Crippen molar-refractivity contribution in [1.82, 2.24) is 15.3 Å². The van der Waals surface area contributed by atoms with Crippen molar-refractivity contribution in [2.75, 3.05) is 11.4 Å². The first-order valence-corrected chi connectivity index (χ1v) is 7.51. The van der Waals surface area contributed by atoms with Gasteiger partial charge >= 0.3 is 0 Å². The van der Waals surface area contributed by atoms with Crippen LogP contribution in [0.5, 0.6) is 0 Å². The molecular weight excluding hydrogens is 236 g/mol. The van der Waals surface area contributed by atoms with Gasteiger partial charge in [0.15, 0.2) is 0 Å². The van der Waals surface area contributed by atoms with Crippen molar-refractivity contribution in [2.45, 2.75) is 65.1 Å². The number of anilines is 1. The van der Waals surface area contributed by atoms with E-state index in [-0.39, 0.29) is 0 Å². The molecule has 0 amide bonds. The van der Waals surface area contributed by atoms with Crippen molar-refractivity contribution < 1.29 is 0 Å². The predicted molar refractivity (Wildman–Crippen MR) is 79.3 cm³/mol. The Balaban J connectivity index is 2.02. The van der Waals surface area contributed by atoms with Crippen LogP contribution in [0.15, 0.2) is 12.4 Å². The molecule has 4 heteroatoms. The number of hydrogen-bond acceptors (Lipinski definition) is 4. The summed E-state index contributed by atoms with van der Waals surface area (Å²) in [4.78, 5) is 11.6. The van der Waals surface area contributed by atoms with Crippen LogP contribution in [0, 0.1) is 0 Å². The molecule has 0 saturated heterocycles. The monoisotopic (exact) mass is 262 g/mol. The molecule has 0 aromatic carbocycles. The maximum Gasteiger partial charge on any atom is 0.147 e. The molecule has 1 aromatic heterocycles. The molecule has 1 saturated carbocycles. The Morgan fingerprint density at radius 1 is 1.37 bits per heavy atom. The average Bonchev–Trinajstić information content (AvgIpc) is 3.22. The quantitative estimate of drug-likeness (QED) is 0.782. The number of nitrogens with one attached hydrogen (secondary N) is 1. The predicted octanol–water partition coefficient (Wildman–Crippen LogP) is 2.74. The largest absolute Gasteiger partial charge is 0.352 e. The molecule has 0 bridgehead atoms. The molecule has 1 aromatic rings. The highest BCUT2D eigenvalue weighted by atomic mass is 15.2. The minimum absolute atomic E-state index is 0.477. The molecule has 0 spiro atoms. The van der Waals surface area contributed by atoms with Gasteiger partial charge in [-0.2, -0.15) is 0 Å². The fourth-order valence-electron chi connectivity index (χ4n) is 2.13. The Kier molecular flexibility index (Phi) is 5.14. The summed E-state index contributed by atoms with van der Waals surface area (Å²) in [5, 5.41) is 3.39. The third-order valence-corrected chi connectivity index (χ3v) is 3.40. The molecule has 0 aliphatic heterocycles. The maximum atomic E-state index is 4.76. The van der Waals surface area contributed by atoms with Gasteiger partial charge in [0.1, 0.15) is 5.82 Å². The van der Waals surface area contributed by atoms with Gasteiger partial charge in [0, 0.05) is 31.4 Å². The van der Waals surface area contributed by atoms with Crippen molar-refractivity contribution in [3.05, 3.63) is 18.1 Å². The van der Waals surface area contributed by atoms with E-state index in [0.29, 0.717) is 12.1 Å². The lowest BCUT2D eigenvalue weighted by Crippen LogP contribution is -2.29. The second-order valence-electron chi connectivity index (χ2n) is 5.68. The van der Waals surface area contributed by atoms with E-state index < -0.39 is 0 Å². The summed E-state index contributed by atoms with van der Waals surface area (Å²) in [5.74, 6) is 1.05. The smallest absolute Gasteiger partial charge is 0.147 e. The van der Waals surface area contributed by atoms with Gasteiger partial charge in [-0.15, -0.1) is 0 Å². The van der Waals surface area contributed by atoms with Gasteiger partial charge in [-0.05, 0) is 19.3 Å². The van der Waals surface area contributed by atoms with E-state index in [4.69, 9.17) is 4.98 Å². The molecule has 1 aliphatic carbocycles. The average molecular weight is 262 g/mol. The zero-order valence-electron chi connectivity index (χ0n) is 12.4. The number of hydrogen-bond donors (Lipinski definition) is 1. The molecule has 0 atom stereocenters. The third kappa shape index (κ3) is 4.46. The van der Waals surface area contributed by atoms with Crippen LogP contribution in [0.2, 0.25) is 0 Å². The Labute approximate surface area is 116 Å². The summed E-state index contributed by atoms with van der Waals surface area (Å²) < 4.78 is 0. The molecule has 1 fully saturated rings. The zero-order chi connectivity index (χ0) is 13.7. The van der Waals surface area contributed by atoms with Crippen molar-refractivity contribution in [3.63, 3.8) is 0 Å². The number of nitrogens with zero attached hydrogens (tertiary/aromatic N) is 3. The summed E-state index contributed by atoms with van der Waals surface area (Å²) >= 11 is 0. The second-order valence-corrected chi connectivity index (χ2v) is 5.68. The fraction of sp³-hybridized carbons (Fsp3) is 0.733. The minimum Gasteiger partial charge on any atom is -0.352 e. The molecule has 0 radical (unpaired) electrons. The van der Waals surface area contributed by atoms with Crippen molar-refractivity contribution >= 4 is 5.82 Å². The summed E-state index contributed by atoms with van der Waals surface area (Å²) in [5.41, 5.74) is 1.04. The van der Waals surface area contributed by atoms with E-state index in [2.05, 4.69) is 36.0 Å². The number of rotatable bonds is 8. The van der Waals surface area contributed by atoms with Gasteiger partial charge in [0.05, 0.1) is 11.9 Å². The normalized spacial score (nSPS) is 14.9. The lowest BCUT2D eigenvalue weighted by atomic mass is 10.3. The topological polar surface area (TPSA) is 41.1 Å². The van der Waals surface area contributed by atoms with E-state index in [0.717, 1.165) is 24.6 Å². The van der Waals surface area contributed by atoms with Gasteiger partial charge in [-0.25, -0.2) is 4.98 Å². The van der Waals surface area contributed by atoms with Crippen LogP contribution in [0.3, 0.4) is 0 Å². The van der Waals surface area contributed by atoms with Gasteiger partial charge in [-0.3, -0.25) is 4.98 Å². The van der Waals surface area contributed by atoms with E-state index >= 15 is 0 Å². The van der Waals surface area contributed by atoms with Crippen LogP contribution < -0.4 is 10.2 Å². The van der Waals surface area contributed by atoms with E-state index in [9.17, 15) is 0 Å². The molecule has 0 unspecified atom stereocenters. The molecule has 19 heavy (non-hydrogen) atoms. The number of aromatic nitrogens is 2. The summed E-state index contributed by atoms with van der Waals surface area (Å²) in [6, 6.07) is 1.18. The second kappa shape index (κ2) is 6.85. The molecule has 4 nitrogen and oxygen atoms in total. The van der Waals surface area contributed by atoms with Crippen molar-refractivity contribution in [3.8, 4) is 0 Å². The first-order valence-electron chi connectivity index (χ1n) is 7.51. The lowest BCUT2D eigenvalue weighted by Gasteiger charge is -2.23. The zero-order valence-corrected chi connectivity index (χ0v) is 12.4. The van der Waals surface area contributed by atoms with E-state index in [1.807, 2.05) is 12.4 Å². The number of unbranched alkanes of at least 4 members (excludes halogenated alkanes) is 1. The van der Waals surface area contributed by atoms with Crippen LogP contribution in [-0.4, -0.2) is 28.6 Å². The first kappa shape index (κ1) is 14.3. The maximum absolute atomic E-state index is 4.76. The molecule has 2 rings (SSSR count). The van der Waals surface area contributed by atoms with Crippen LogP contribution >= 0.6 is 0 Å². The van der Waals surface area contributed by atoms with Gasteiger partial charge in [0.2, 0.25) is 0 Å². The minimum atomic E-state index is 0.477. The van der Waals surface area contributed by atoms with E-state index in [1.165, 1.54) is 25.7 Å². The fourth-order valence-corrected chi connectivity index (χ4v) is 2.13. The van der Waals surface area contributed by atoms with Crippen LogP contribution in [0.1, 0.15) is 52.1 Å². The first-order chi connectivity index (χ1) is 9.20. The van der Waals surface area contributed by atoms with Gasteiger partial charge in [-0.1, -0.05) is 27.2 Å². The van der Waals surface area contributed by atoms with Crippen molar-refractivity contribution in [1.29, 1.82) is 0 Å². The lowest BCUT2D eigenvalue weighted by molar-refractivity contribution is 0.579. The summed E-state index contributed by atoms with van der Waals surface area (Å²) in [7, 11) is 0. The van der Waals surface area contributed by atoms with Gasteiger partial charge < -0.3 is 10.2 Å². The Hall–Kier alpha value is -1.16. The van der Waals surface area contributed by atoms with Crippen LogP contribution in [-0.2, 0) is 6.54 Å². The third-order valence-electron chi connectivity index (χ3n) is 3.40. The highest BCUT2D eigenvalue weighted by molar-refractivity contribution is 5.39. The molecular formula is C15H26N4. The van der Waals surface area contributed by atoms with Crippen LogP contribution in [0.4, 0.5) is 5.82 Å². The molecule has 106 valence electrons. The Morgan fingerprint density at radius 3 is 2.79 bits per heavy atom. The Bertz CT molecular complexity index is 387. The summed E-state index contributed by atoms with van der Waals surface area (Å²) in [6.07, 6.45) is 8.84. The highest BCUT2D eigenvalue weighted by Crippen LogP contribution is 2.30. The molecule has 1 heterocycles. The standard InChI is InChI=1S/C15H26N4/c1-4-5-8-19(14-6-7-14)15-11-16-9-13(18-15)10-17-12(2)3/h9,11-12,14,17H,4-8,10H2,1-3H3. The van der Waals surface area contributed by atoms with Crippen LogP contribution in [0.25, 0.3) is 0 Å².